The van der Waals surface area contributed by atoms with Gasteiger partial charge in [0, 0.05) is 177 Å². The molecule has 408 valence electrons. The maximum atomic E-state index is 5.38. The minimum Gasteiger partial charge on any atom is -0.260 e. The predicted molar refractivity (Wildman–Crippen MR) is 329 cm³/mol. The van der Waals surface area contributed by atoms with Crippen molar-refractivity contribution in [3.63, 3.8) is 0 Å². The first-order valence-electron chi connectivity index (χ1n) is 28.8. The van der Waals surface area contributed by atoms with E-state index in [1.807, 2.05) is 184 Å². The van der Waals surface area contributed by atoms with Crippen LogP contribution >= 0.6 is 0 Å². The standard InChI is InChI=1S/C72H60N12/c1-7-31-73-61(13-1)49-19-25-67(79-43-49)55-37-56(68-26-20-50(44-80-68)62-14-2-8-32-74-62)39-58(70-28-22-52(46-82-70)64-16-4-10-34-76-64)41-60(72-30-24-54(48-84-72)66-18-6-12-36-78-66)42-59(71-29-23-53(47-83-71)65-17-5-11-35-77-65)40-57(38-55)69-27-21-51(45-81-69)63-15-3-9-33-75-63/h1-36,43-48,55-60H,37-42H2. The lowest BCUT2D eigenvalue weighted by Gasteiger charge is -2.34. The van der Waals surface area contributed by atoms with Crippen molar-refractivity contribution in [2.24, 2.45) is 0 Å². The third-order valence-corrected chi connectivity index (χ3v) is 16.4. The SMILES string of the molecule is c1ccc(-c2ccc(C3CC(c4ccc(-c5ccccn5)cn4)CC(c4ccc(-c5ccccn5)cn4)CC(c4ccc(-c5ccccn5)cn4)CC(c4ccc(-c5ccccn5)cn4)CC(c4ccc(-c5ccccn5)cn4)C3)nc2)nc1. The molecule has 0 unspecified atom stereocenters. The van der Waals surface area contributed by atoms with Gasteiger partial charge in [-0.05, 0) is 184 Å². The van der Waals surface area contributed by atoms with Crippen molar-refractivity contribution < 1.29 is 0 Å². The molecule has 0 aliphatic heterocycles. The molecule has 1 fully saturated rings. The summed E-state index contributed by atoms with van der Waals surface area (Å²) in [4.78, 5) is 60.4. The van der Waals surface area contributed by atoms with E-state index in [0.717, 1.165) is 140 Å². The minimum atomic E-state index is -0.0383. The Kier molecular flexibility index (Phi) is 16.0. The lowest BCUT2D eigenvalue weighted by atomic mass is 9.71. The molecule has 0 bridgehead atoms. The second-order valence-corrected chi connectivity index (χ2v) is 21.7. The molecule has 84 heavy (non-hydrogen) atoms. The van der Waals surface area contributed by atoms with E-state index in [1.165, 1.54) is 0 Å². The Morgan fingerprint density at radius 3 is 0.464 bits per heavy atom. The molecule has 12 aromatic heterocycles. The van der Waals surface area contributed by atoms with Crippen LogP contribution in [0.3, 0.4) is 0 Å². The van der Waals surface area contributed by atoms with Gasteiger partial charge in [-0.25, -0.2) is 0 Å². The Hall–Kier alpha value is -10.2. The molecule has 1 aliphatic rings. The number of pyridine rings is 12. The highest BCUT2D eigenvalue weighted by molar-refractivity contribution is 5.62. The van der Waals surface area contributed by atoms with Gasteiger partial charge >= 0.3 is 0 Å². The number of hydrogen-bond acceptors (Lipinski definition) is 12. The van der Waals surface area contributed by atoms with Crippen LogP contribution in [0.15, 0.2) is 256 Å². The van der Waals surface area contributed by atoms with Gasteiger partial charge in [-0.1, -0.05) is 36.4 Å². The van der Waals surface area contributed by atoms with Crippen molar-refractivity contribution >= 4 is 0 Å². The van der Waals surface area contributed by atoms with E-state index in [4.69, 9.17) is 59.8 Å². The highest BCUT2D eigenvalue weighted by atomic mass is 14.8. The lowest BCUT2D eigenvalue weighted by Crippen LogP contribution is -2.21. The fourth-order valence-corrected chi connectivity index (χ4v) is 12.1. The normalized spacial score (nSPS) is 18.4. The Morgan fingerprint density at radius 1 is 0.179 bits per heavy atom. The summed E-state index contributed by atoms with van der Waals surface area (Å²) >= 11 is 0. The summed E-state index contributed by atoms with van der Waals surface area (Å²) < 4.78 is 0. The Balaban J connectivity index is 0.983. The van der Waals surface area contributed by atoms with Crippen LogP contribution in [0, 0.1) is 0 Å². The first-order valence-corrected chi connectivity index (χ1v) is 28.8. The van der Waals surface area contributed by atoms with E-state index in [-0.39, 0.29) is 35.5 Å². The molecule has 0 saturated heterocycles. The molecule has 1 aliphatic carbocycles. The average Bonchev–Trinajstić information content (AvgIpc) is 3.73. The summed E-state index contributed by atoms with van der Waals surface area (Å²) in [5.41, 5.74) is 17.1. The largest absolute Gasteiger partial charge is 0.260 e. The van der Waals surface area contributed by atoms with E-state index in [0.29, 0.717) is 0 Å². The van der Waals surface area contributed by atoms with Crippen molar-refractivity contribution in [2.75, 3.05) is 0 Å². The summed E-state index contributed by atoms with van der Waals surface area (Å²) in [5, 5.41) is 0. The van der Waals surface area contributed by atoms with E-state index in [2.05, 4.69) is 72.8 Å². The van der Waals surface area contributed by atoms with Crippen molar-refractivity contribution in [1.29, 1.82) is 0 Å². The summed E-state index contributed by atoms with van der Waals surface area (Å²) in [7, 11) is 0. The maximum absolute atomic E-state index is 5.38. The second kappa shape index (κ2) is 25.3. The zero-order valence-electron chi connectivity index (χ0n) is 46.3. The van der Waals surface area contributed by atoms with Gasteiger partial charge in [0.05, 0.1) is 34.2 Å². The molecule has 12 aromatic rings. The number of hydrogen-bond donors (Lipinski definition) is 0. The van der Waals surface area contributed by atoms with Gasteiger partial charge in [-0.15, -0.1) is 0 Å². The first kappa shape index (κ1) is 53.1. The summed E-state index contributed by atoms with van der Waals surface area (Å²) in [6.45, 7) is 0. The second-order valence-electron chi connectivity index (χ2n) is 21.7. The molecule has 0 N–H and O–H groups in total. The maximum Gasteiger partial charge on any atom is 0.0717 e. The molecule has 0 amide bonds. The lowest BCUT2D eigenvalue weighted by molar-refractivity contribution is 0.339. The van der Waals surface area contributed by atoms with E-state index < -0.39 is 0 Å². The van der Waals surface area contributed by atoms with Crippen LogP contribution in [0.2, 0.25) is 0 Å². The summed E-state index contributed by atoms with van der Waals surface area (Å²) in [6, 6.07) is 62.3. The first-order chi connectivity index (χ1) is 41.6. The van der Waals surface area contributed by atoms with Gasteiger partial charge in [0.25, 0.3) is 0 Å². The van der Waals surface area contributed by atoms with Crippen LogP contribution in [0.4, 0.5) is 0 Å². The molecule has 0 spiro atoms. The smallest absolute Gasteiger partial charge is 0.0717 e. The molecule has 0 aromatic carbocycles. The van der Waals surface area contributed by atoms with Gasteiger partial charge in [0.15, 0.2) is 0 Å². The average molecular weight is 1090 g/mol. The third-order valence-electron chi connectivity index (χ3n) is 16.4. The quantitative estimate of drug-likeness (QED) is 0.114. The Labute approximate surface area is 489 Å². The van der Waals surface area contributed by atoms with E-state index in [1.54, 1.807) is 0 Å². The van der Waals surface area contributed by atoms with Crippen molar-refractivity contribution in [3.05, 3.63) is 291 Å². The zero-order chi connectivity index (χ0) is 56.3. The zero-order valence-corrected chi connectivity index (χ0v) is 46.3. The summed E-state index contributed by atoms with van der Waals surface area (Å²) in [5.74, 6) is -0.230. The van der Waals surface area contributed by atoms with Crippen molar-refractivity contribution in [1.82, 2.24) is 59.8 Å². The molecule has 13 rings (SSSR count). The van der Waals surface area contributed by atoms with Crippen LogP contribution in [0.5, 0.6) is 0 Å². The molecule has 0 atom stereocenters. The third kappa shape index (κ3) is 12.5. The number of aromatic nitrogens is 12. The molecule has 12 heterocycles. The number of nitrogens with zero attached hydrogens (tertiary/aromatic N) is 12. The van der Waals surface area contributed by atoms with Crippen LogP contribution in [-0.4, -0.2) is 59.8 Å². The van der Waals surface area contributed by atoms with E-state index >= 15 is 0 Å². The Morgan fingerprint density at radius 2 is 0.345 bits per heavy atom. The molecule has 12 heteroatoms. The molecule has 12 nitrogen and oxygen atoms in total. The Bertz CT molecular complexity index is 3280. The van der Waals surface area contributed by atoms with Crippen molar-refractivity contribution in [3.8, 4) is 67.5 Å². The molecular weight excluding hydrogens is 1030 g/mol. The van der Waals surface area contributed by atoms with Crippen LogP contribution < -0.4 is 0 Å². The highest BCUT2D eigenvalue weighted by Gasteiger charge is 2.35. The van der Waals surface area contributed by atoms with Gasteiger partial charge in [0.1, 0.15) is 0 Å². The summed E-state index contributed by atoms with van der Waals surface area (Å²) in [6.07, 6.45) is 27.4. The fraction of sp³-hybridized carbons (Fsp3) is 0.167. The molecule has 1 saturated carbocycles. The topological polar surface area (TPSA) is 155 Å². The van der Waals surface area contributed by atoms with Gasteiger partial charge in [-0.2, -0.15) is 0 Å². The van der Waals surface area contributed by atoms with Gasteiger partial charge in [-0.3, -0.25) is 59.8 Å². The molecular formula is C72H60N12. The van der Waals surface area contributed by atoms with E-state index in [9.17, 15) is 0 Å². The monoisotopic (exact) mass is 1090 g/mol. The van der Waals surface area contributed by atoms with Gasteiger partial charge < -0.3 is 0 Å². The minimum absolute atomic E-state index is 0.0383. The number of rotatable bonds is 12. The van der Waals surface area contributed by atoms with Crippen LogP contribution in [-0.2, 0) is 0 Å². The van der Waals surface area contributed by atoms with Crippen LogP contribution in [0.25, 0.3) is 67.5 Å². The molecule has 0 radical (unpaired) electrons. The van der Waals surface area contributed by atoms with Crippen LogP contribution in [0.1, 0.15) is 108 Å². The van der Waals surface area contributed by atoms with Crippen molar-refractivity contribution in [2.45, 2.75) is 74.0 Å². The fourth-order valence-electron chi connectivity index (χ4n) is 12.1. The highest BCUT2D eigenvalue weighted by Crippen LogP contribution is 2.49. The van der Waals surface area contributed by atoms with Gasteiger partial charge in [0.2, 0.25) is 0 Å². The predicted octanol–water partition coefficient (Wildman–Crippen LogP) is 15.8.